The third-order valence-corrected chi connectivity index (χ3v) is 2.60. The van der Waals surface area contributed by atoms with Gasteiger partial charge in [-0.1, -0.05) is 27.5 Å². The molecule has 0 bridgehead atoms. The average Bonchev–Trinajstić information content (AvgIpc) is 2.14. The highest BCUT2D eigenvalue weighted by molar-refractivity contribution is 9.09. The van der Waals surface area contributed by atoms with Crippen LogP contribution >= 0.6 is 27.5 Å². The van der Waals surface area contributed by atoms with Crippen LogP contribution in [0.15, 0.2) is 12.1 Å². The van der Waals surface area contributed by atoms with Gasteiger partial charge in [0.15, 0.2) is 5.78 Å². The highest BCUT2D eigenvalue weighted by Gasteiger charge is 2.22. The van der Waals surface area contributed by atoms with Gasteiger partial charge in [0, 0.05) is 10.6 Å². The molecule has 0 fully saturated rings. The Balaban J connectivity index is 3.46. The summed E-state index contributed by atoms with van der Waals surface area (Å²) < 4.78 is 0. The van der Waals surface area contributed by atoms with Crippen LogP contribution in [0.25, 0.3) is 0 Å². The Bertz CT molecular complexity index is 434. The SMILES string of the molecule is Cc1cc(Cl)cc(C(=O)CBr)c1[N+](=O)[O-]. The summed E-state index contributed by atoms with van der Waals surface area (Å²) in [7, 11) is 0. The summed E-state index contributed by atoms with van der Waals surface area (Å²) in [5, 5.41) is 11.1. The highest BCUT2D eigenvalue weighted by Crippen LogP contribution is 2.28. The van der Waals surface area contributed by atoms with Crippen LogP contribution in [0.2, 0.25) is 5.02 Å². The van der Waals surface area contributed by atoms with Gasteiger partial charge >= 0.3 is 0 Å². The fraction of sp³-hybridized carbons (Fsp3) is 0.222. The molecule has 15 heavy (non-hydrogen) atoms. The van der Waals surface area contributed by atoms with Crippen LogP contribution < -0.4 is 0 Å². The second-order valence-electron chi connectivity index (χ2n) is 2.93. The summed E-state index contributed by atoms with van der Waals surface area (Å²) in [6, 6.07) is 2.78. The van der Waals surface area contributed by atoms with Crippen LogP contribution in [0.3, 0.4) is 0 Å². The molecule has 0 radical (unpaired) electrons. The number of nitrogens with zero attached hydrogens (tertiary/aromatic N) is 1. The van der Waals surface area contributed by atoms with Gasteiger partial charge in [-0.05, 0) is 19.1 Å². The van der Waals surface area contributed by atoms with E-state index in [4.69, 9.17) is 11.6 Å². The lowest BCUT2D eigenvalue weighted by molar-refractivity contribution is -0.385. The first-order chi connectivity index (χ1) is 6.97. The molecule has 0 amide bonds. The molecule has 0 aromatic heterocycles. The molecule has 1 rings (SSSR count). The van der Waals surface area contributed by atoms with E-state index in [2.05, 4.69) is 15.9 Å². The number of nitro benzene ring substituents is 1. The Hall–Kier alpha value is -0.940. The van der Waals surface area contributed by atoms with Crippen molar-refractivity contribution in [3.8, 4) is 0 Å². The number of halogens is 2. The van der Waals surface area contributed by atoms with Crippen LogP contribution in [-0.4, -0.2) is 16.0 Å². The minimum absolute atomic E-state index is 0.0353. The quantitative estimate of drug-likeness (QED) is 0.372. The molecule has 4 nitrogen and oxygen atoms in total. The Morgan fingerprint density at radius 2 is 2.20 bits per heavy atom. The third-order valence-electron chi connectivity index (χ3n) is 1.87. The number of carbonyl (C=O) groups is 1. The average molecular weight is 293 g/mol. The van der Waals surface area contributed by atoms with Crippen molar-refractivity contribution in [3.05, 3.63) is 38.4 Å². The molecule has 0 atom stereocenters. The van der Waals surface area contributed by atoms with Gasteiger partial charge in [0.2, 0.25) is 0 Å². The van der Waals surface area contributed by atoms with Crippen molar-refractivity contribution in [2.24, 2.45) is 0 Å². The van der Waals surface area contributed by atoms with Crippen LogP contribution in [-0.2, 0) is 0 Å². The normalized spacial score (nSPS) is 10.1. The van der Waals surface area contributed by atoms with Crippen LogP contribution in [0.5, 0.6) is 0 Å². The number of rotatable bonds is 3. The van der Waals surface area contributed by atoms with Crippen LogP contribution in [0.4, 0.5) is 5.69 Å². The van der Waals surface area contributed by atoms with Crippen molar-refractivity contribution < 1.29 is 9.72 Å². The number of Topliss-reactive ketones (excluding diaryl/α,β-unsaturated/α-hetero) is 1. The largest absolute Gasteiger partial charge is 0.293 e. The summed E-state index contributed by atoms with van der Waals surface area (Å²) in [4.78, 5) is 21.6. The van der Waals surface area contributed by atoms with Crippen LogP contribution in [0.1, 0.15) is 15.9 Å². The zero-order chi connectivity index (χ0) is 11.6. The second kappa shape index (κ2) is 4.72. The number of hydrogen-bond donors (Lipinski definition) is 0. The second-order valence-corrected chi connectivity index (χ2v) is 3.93. The number of aryl methyl sites for hydroxylation is 1. The van der Waals surface area contributed by atoms with E-state index in [0.29, 0.717) is 10.6 Å². The van der Waals surface area contributed by atoms with E-state index in [9.17, 15) is 14.9 Å². The van der Waals surface area contributed by atoms with Gasteiger partial charge in [-0.15, -0.1) is 0 Å². The fourth-order valence-corrected chi connectivity index (χ4v) is 1.84. The monoisotopic (exact) mass is 291 g/mol. The summed E-state index contributed by atoms with van der Waals surface area (Å²) in [6.07, 6.45) is 0. The fourth-order valence-electron chi connectivity index (χ4n) is 1.26. The third kappa shape index (κ3) is 2.54. The lowest BCUT2D eigenvalue weighted by Gasteiger charge is -2.03. The van der Waals surface area contributed by atoms with E-state index >= 15 is 0 Å². The first-order valence-electron chi connectivity index (χ1n) is 4.01. The topological polar surface area (TPSA) is 60.2 Å². The van der Waals surface area contributed by atoms with Gasteiger partial charge in [0.1, 0.15) is 0 Å². The lowest BCUT2D eigenvalue weighted by Crippen LogP contribution is -2.06. The summed E-state index contributed by atoms with van der Waals surface area (Å²) in [5.41, 5.74) is 0.252. The Morgan fingerprint density at radius 3 is 2.67 bits per heavy atom. The van der Waals surface area contributed by atoms with Gasteiger partial charge in [0.25, 0.3) is 5.69 Å². The molecule has 1 aromatic carbocycles. The van der Waals surface area contributed by atoms with Gasteiger partial charge in [-0.2, -0.15) is 0 Å². The maximum absolute atomic E-state index is 11.4. The van der Waals surface area contributed by atoms with Crippen molar-refractivity contribution in [2.45, 2.75) is 6.92 Å². The van der Waals surface area contributed by atoms with Crippen molar-refractivity contribution in [3.63, 3.8) is 0 Å². The van der Waals surface area contributed by atoms with Gasteiger partial charge < -0.3 is 0 Å². The van der Waals surface area contributed by atoms with E-state index in [1.54, 1.807) is 6.92 Å². The molecular formula is C9H7BrClNO3. The van der Waals surface area contributed by atoms with Gasteiger partial charge in [0.05, 0.1) is 15.8 Å². The number of carbonyl (C=O) groups excluding carboxylic acids is 1. The van der Waals surface area contributed by atoms with Crippen molar-refractivity contribution in [2.75, 3.05) is 5.33 Å². The number of benzene rings is 1. The van der Waals surface area contributed by atoms with Crippen LogP contribution in [0, 0.1) is 17.0 Å². The first-order valence-corrected chi connectivity index (χ1v) is 5.51. The molecule has 0 N–H and O–H groups in total. The molecule has 0 unspecified atom stereocenters. The van der Waals surface area contributed by atoms with Crippen molar-refractivity contribution >= 4 is 39.0 Å². The Labute approximate surface area is 99.5 Å². The van der Waals surface area contributed by atoms with Gasteiger partial charge in [-0.25, -0.2) is 0 Å². The first kappa shape index (κ1) is 12.1. The Kier molecular flexibility index (Phi) is 3.82. The number of hydrogen-bond acceptors (Lipinski definition) is 3. The van der Waals surface area contributed by atoms with E-state index in [-0.39, 0.29) is 22.4 Å². The molecule has 6 heteroatoms. The molecule has 0 heterocycles. The van der Waals surface area contributed by atoms with Crippen molar-refractivity contribution in [1.82, 2.24) is 0 Å². The number of alkyl halides is 1. The molecular weight excluding hydrogens is 285 g/mol. The maximum Gasteiger partial charge on any atom is 0.283 e. The minimum Gasteiger partial charge on any atom is -0.293 e. The smallest absolute Gasteiger partial charge is 0.283 e. The van der Waals surface area contributed by atoms with E-state index in [0.717, 1.165) is 0 Å². The summed E-state index contributed by atoms with van der Waals surface area (Å²) >= 11 is 8.71. The molecule has 0 spiro atoms. The van der Waals surface area contributed by atoms with E-state index in [1.165, 1.54) is 12.1 Å². The predicted octanol–water partition coefficient (Wildman–Crippen LogP) is 3.13. The zero-order valence-electron chi connectivity index (χ0n) is 7.79. The maximum atomic E-state index is 11.4. The Morgan fingerprint density at radius 1 is 1.60 bits per heavy atom. The lowest BCUT2D eigenvalue weighted by atomic mass is 10.1. The predicted molar refractivity (Wildman–Crippen MR) is 61.0 cm³/mol. The van der Waals surface area contributed by atoms with E-state index < -0.39 is 4.92 Å². The molecule has 0 aliphatic rings. The molecule has 0 saturated carbocycles. The number of ketones is 1. The molecule has 0 aliphatic carbocycles. The minimum atomic E-state index is -0.568. The number of nitro groups is 1. The highest BCUT2D eigenvalue weighted by atomic mass is 79.9. The standard InChI is InChI=1S/C9H7BrClNO3/c1-5-2-6(11)3-7(8(13)4-10)9(5)12(14)15/h2-3H,4H2,1H3. The molecule has 0 saturated heterocycles. The molecule has 0 aliphatic heterocycles. The zero-order valence-corrected chi connectivity index (χ0v) is 10.1. The molecule has 1 aromatic rings. The summed E-state index contributed by atoms with van der Waals surface area (Å²) in [6.45, 7) is 1.55. The summed E-state index contributed by atoms with van der Waals surface area (Å²) in [5.74, 6) is -0.354. The van der Waals surface area contributed by atoms with Gasteiger partial charge in [-0.3, -0.25) is 14.9 Å². The van der Waals surface area contributed by atoms with Crippen molar-refractivity contribution in [1.29, 1.82) is 0 Å². The molecule has 80 valence electrons. The van der Waals surface area contributed by atoms with E-state index in [1.807, 2.05) is 0 Å².